The second-order valence-electron chi connectivity index (χ2n) is 10.0. The number of carboxylic acids is 1. The number of carboxylic acid groups (broad SMARTS) is 1. The number of halogens is 2. The largest absolute Gasteiger partial charge is 0.479 e. The minimum absolute atomic E-state index is 0.108. The number of rotatable bonds is 3. The molecule has 5 nitrogen and oxygen atoms in total. The summed E-state index contributed by atoms with van der Waals surface area (Å²) in [7, 11) is 4.17. The maximum Gasteiger partial charge on any atom is 0.337 e. The normalized spacial score (nSPS) is 38.5. The van der Waals surface area contributed by atoms with E-state index in [0.29, 0.717) is 22.7 Å². The van der Waals surface area contributed by atoms with Crippen LogP contribution in [0.25, 0.3) is 0 Å². The number of carbonyl (C=O) groups excluding carboxylic acids is 1. The standard InChI is InChI=1S/C19H29NO2.C2H2Cl2O2/c1-20(2)11-13-12-3-5-18(7-8-18)14-4-6-19(9-10-19)15(14)16(12)22-17(13)21;3-1(4)2(5)6/h12-16H,3-11H2,1-2H3;1H,(H,5,6)/t12-,13-,14+,15-,16-;/m0./s1. The zero-order valence-electron chi connectivity index (χ0n) is 16.7. The number of nitrogens with zero attached hydrogens (tertiary/aromatic N) is 1. The van der Waals surface area contributed by atoms with Crippen LogP contribution < -0.4 is 0 Å². The van der Waals surface area contributed by atoms with Gasteiger partial charge in [0.1, 0.15) is 6.10 Å². The highest BCUT2D eigenvalue weighted by atomic mass is 35.5. The third-order valence-electron chi connectivity index (χ3n) is 8.24. The molecule has 0 bridgehead atoms. The Morgan fingerprint density at radius 3 is 2.21 bits per heavy atom. The van der Waals surface area contributed by atoms with E-state index in [1.54, 1.807) is 0 Å². The lowest BCUT2D eigenvalue weighted by Crippen LogP contribution is -2.36. The van der Waals surface area contributed by atoms with Gasteiger partial charge < -0.3 is 14.7 Å². The molecule has 0 radical (unpaired) electrons. The Kier molecular flexibility index (Phi) is 5.42. The van der Waals surface area contributed by atoms with Gasteiger partial charge in [-0.15, -0.1) is 0 Å². The van der Waals surface area contributed by atoms with Gasteiger partial charge in [0.05, 0.1) is 5.92 Å². The number of hydrogen-bond acceptors (Lipinski definition) is 4. The minimum Gasteiger partial charge on any atom is -0.479 e. The topological polar surface area (TPSA) is 66.8 Å². The minimum atomic E-state index is -1.29. The number of fused-ring (bicyclic) bond motifs is 5. The molecule has 0 aromatic carbocycles. The van der Waals surface area contributed by atoms with Gasteiger partial charge in [-0.05, 0) is 82.2 Å². The lowest BCUT2D eigenvalue weighted by Gasteiger charge is -2.33. The maximum atomic E-state index is 12.5. The molecule has 4 saturated carbocycles. The van der Waals surface area contributed by atoms with Crippen LogP contribution in [0.15, 0.2) is 0 Å². The second-order valence-corrected chi connectivity index (χ2v) is 11.1. The van der Waals surface area contributed by atoms with Crippen LogP contribution in [0.2, 0.25) is 0 Å². The van der Waals surface area contributed by atoms with Crippen molar-refractivity contribution in [2.75, 3.05) is 20.6 Å². The van der Waals surface area contributed by atoms with E-state index in [-0.39, 0.29) is 18.0 Å². The van der Waals surface area contributed by atoms with Crippen molar-refractivity contribution in [2.45, 2.75) is 62.3 Å². The monoisotopic (exact) mass is 431 g/mol. The van der Waals surface area contributed by atoms with Gasteiger partial charge in [0.25, 0.3) is 0 Å². The lowest BCUT2D eigenvalue weighted by atomic mass is 9.73. The zero-order valence-corrected chi connectivity index (χ0v) is 18.2. The van der Waals surface area contributed by atoms with Gasteiger partial charge in [-0.2, -0.15) is 0 Å². The van der Waals surface area contributed by atoms with Crippen LogP contribution >= 0.6 is 23.2 Å². The Morgan fingerprint density at radius 2 is 1.71 bits per heavy atom. The summed E-state index contributed by atoms with van der Waals surface area (Å²) in [5.41, 5.74) is 1.25. The van der Waals surface area contributed by atoms with Crippen molar-refractivity contribution in [3.8, 4) is 0 Å². The van der Waals surface area contributed by atoms with Gasteiger partial charge in [-0.3, -0.25) is 4.79 Å². The molecule has 1 aliphatic heterocycles. The number of aliphatic carboxylic acids is 1. The molecule has 1 N–H and O–H groups in total. The summed E-state index contributed by atoms with van der Waals surface area (Å²) in [5, 5.41) is 7.73. The Bertz CT molecular complexity index is 644. The van der Waals surface area contributed by atoms with Gasteiger partial charge in [-0.25, -0.2) is 4.79 Å². The van der Waals surface area contributed by atoms with E-state index >= 15 is 0 Å². The predicted octanol–water partition coefficient (Wildman–Crippen LogP) is 3.96. The zero-order chi connectivity index (χ0) is 20.3. The van der Waals surface area contributed by atoms with Crippen molar-refractivity contribution in [1.29, 1.82) is 0 Å². The summed E-state index contributed by atoms with van der Waals surface area (Å²) in [5.74, 6) is 1.11. The van der Waals surface area contributed by atoms with Crippen molar-refractivity contribution in [2.24, 2.45) is 34.5 Å². The first-order valence-electron chi connectivity index (χ1n) is 10.6. The predicted molar refractivity (Wildman–Crippen MR) is 107 cm³/mol. The molecule has 1 saturated heterocycles. The third-order valence-corrected chi connectivity index (χ3v) is 8.61. The van der Waals surface area contributed by atoms with Crippen LogP contribution in [-0.2, 0) is 14.3 Å². The molecule has 2 spiro atoms. The van der Waals surface area contributed by atoms with E-state index in [2.05, 4.69) is 19.0 Å². The highest BCUT2D eigenvalue weighted by Gasteiger charge is 2.69. The highest BCUT2D eigenvalue weighted by Crippen LogP contribution is 2.74. The third kappa shape index (κ3) is 3.56. The molecular weight excluding hydrogens is 401 g/mol. The van der Waals surface area contributed by atoms with Crippen LogP contribution in [0.1, 0.15) is 51.4 Å². The maximum absolute atomic E-state index is 12.5. The molecule has 0 unspecified atom stereocenters. The fourth-order valence-corrected chi connectivity index (χ4v) is 6.67. The number of carbonyl (C=O) groups is 2. The molecule has 7 heteroatoms. The van der Waals surface area contributed by atoms with Gasteiger partial charge in [0.2, 0.25) is 4.84 Å². The quantitative estimate of drug-likeness (QED) is 0.540. The highest BCUT2D eigenvalue weighted by molar-refractivity contribution is 6.52. The van der Waals surface area contributed by atoms with Crippen LogP contribution in [0, 0.1) is 34.5 Å². The molecule has 28 heavy (non-hydrogen) atoms. The first kappa shape index (κ1) is 20.7. The fraction of sp³-hybridized carbons (Fsp3) is 0.905. The summed E-state index contributed by atoms with van der Waals surface area (Å²) in [4.78, 5) is 22.9. The molecule has 4 aliphatic carbocycles. The number of ether oxygens (including phenoxy) is 1. The smallest absolute Gasteiger partial charge is 0.337 e. The molecule has 5 fully saturated rings. The lowest BCUT2D eigenvalue weighted by molar-refractivity contribution is -0.148. The van der Waals surface area contributed by atoms with E-state index in [9.17, 15) is 9.59 Å². The second kappa shape index (κ2) is 7.31. The van der Waals surface area contributed by atoms with E-state index in [1.807, 2.05) is 0 Å². The Balaban J connectivity index is 0.000000283. The molecule has 1 heterocycles. The van der Waals surface area contributed by atoms with Gasteiger partial charge in [-0.1, -0.05) is 23.2 Å². The van der Waals surface area contributed by atoms with Crippen LogP contribution in [0.3, 0.4) is 0 Å². The molecule has 5 atom stereocenters. The van der Waals surface area contributed by atoms with Crippen molar-refractivity contribution in [3.05, 3.63) is 0 Å². The Hall–Kier alpha value is -0.520. The van der Waals surface area contributed by atoms with Crippen LogP contribution in [0.4, 0.5) is 0 Å². The summed E-state index contributed by atoms with van der Waals surface area (Å²) in [6, 6.07) is 0. The molecule has 158 valence electrons. The van der Waals surface area contributed by atoms with Crippen LogP contribution in [-0.4, -0.2) is 53.5 Å². The van der Waals surface area contributed by atoms with Gasteiger partial charge >= 0.3 is 11.9 Å². The van der Waals surface area contributed by atoms with Crippen molar-refractivity contribution >= 4 is 35.1 Å². The van der Waals surface area contributed by atoms with Crippen molar-refractivity contribution < 1.29 is 19.4 Å². The first-order valence-corrected chi connectivity index (χ1v) is 11.4. The van der Waals surface area contributed by atoms with Crippen molar-refractivity contribution in [1.82, 2.24) is 4.90 Å². The molecule has 0 aromatic heterocycles. The Morgan fingerprint density at radius 1 is 1.14 bits per heavy atom. The SMILES string of the molecule is CN(C)C[C@@H]1C(=O)O[C@H]2[C@H]1CCC1(CC1)[C@@H]1CCC3(CC3)[C@H]21.O=C(O)C(Cl)Cl. The average Bonchev–Trinajstić information content (AvgIpc) is 3.50. The molecule has 5 rings (SSSR count). The van der Waals surface area contributed by atoms with Gasteiger partial charge in [0.15, 0.2) is 0 Å². The van der Waals surface area contributed by atoms with Crippen LogP contribution in [0.5, 0.6) is 0 Å². The molecular formula is C21H31Cl2NO4. The van der Waals surface area contributed by atoms with E-state index in [0.717, 1.165) is 12.5 Å². The number of alkyl halides is 2. The Labute approximate surface area is 177 Å². The van der Waals surface area contributed by atoms with E-state index < -0.39 is 10.8 Å². The summed E-state index contributed by atoms with van der Waals surface area (Å²) in [6.07, 6.45) is 11.4. The molecule has 0 aromatic rings. The summed E-state index contributed by atoms with van der Waals surface area (Å²) in [6.45, 7) is 0.872. The van der Waals surface area contributed by atoms with Gasteiger partial charge in [0, 0.05) is 18.4 Å². The first-order chi connectivity index (χ1) is 13.2. The average molecular weight is 432 g/mol. The summed E-state index contributed by atoms with van der Waals surface area (Å²) < 4.78 is 6.10. The van der Waals surface area contributed by atoms with E-state index in [4.69, 9.17) is 33.0 Å². The molecule has 5 aliphatic rings. The fourth-order valence-electron chi connectivity index (χ4n) is 6.67. The number of hydrogen-bond donors (Lipinski definition) is 1. The molecule has 0 amide bonds. The van der Waals surface area contributed by atoms with E-state index in [1.165, 1.54) is 51.4 Å². The summed E-state index contributed by atoms with van der Waals surface area (Å²) >= 11 is 9.56. The van der Waals surface area contributed by atoms with Crippen molar-refractivity contribution in [3.63, 3.8) is 0 Å². The number of esters is 1.